The molecule has 0 aromatic rings. The standard InChI is InChI=1S/C7H13NO/c8-6-4-2-1-3-5-7-9/h6-8H,1-5H2. The number of nitrogens with one attached hydrogen (secondary N) is 1. The Bertz CT molecular complexity index is 71.0. The molecule has 2 nitrogen and oxygen atoms in total. The molecule has 0 spiro atoms. The first-order valence-electron chi connectivity index (χ1n) is 3.34. The van der Waals surface area contributed by atoms with Crippen LogP contribution in [0.5, 0.6) is 0 Å². The van der Waals surface area contributed by atoms with Crippen LogP contribution in [0.1, 0.15) is 32.1 Å². The molecule has 0 aromatic carbocycles. The summed E-state index contributed by atoms with van der Waals surface area (Å²) in [6.45, 7) is 0. The zero-order valence-corrected chi connectivity index (χ0v) is 5.60. The summed E-state index contributed by atoms with van der Waals surface area (Å²) in [5.74, 6) is 0. The van der Waals surface area contributed by atoms with E-state index in [0.717, 1.165) is 32.0 Å². The highest BCUT2D eigenvalue weighted by Crippen LogP contribution is 1.98. The second-order valence-electron chi connectivity index (χ2n) is 2.01. The van der Waals surface area contributed by atoms with E-state index in [2.05, 4.69) is 0 Å². The Kier molecular flexibility index (Phi) is 6.80. The third-order valence-electron chi connectivity index (χ3n) is 1.17. The molecule has 9 heavy (non-hydrogen) atoms. The summed E-state index contributed by atoms with van der Waals surface area (Å²) in [6, 6.07) is 0. The molecule has 0 heterocycles. The summed E-state index contributed by atoms with van der Waals surface area (Å²) in [4.78, 5) is 9.79. The molecule has 0 saturated carbocycles. The van der Waals surface area contributed by atoms with Gasteiger partial charge in [-0.3, -0.25) is 0 Å². The van der Waals surface area contributed by atoms with Crippen molar-refractivity contribution in [3.8, 4) is 0 Å². The minimum absolute atomic E-state index is 0.679. The zero-order valence-electron chi connectivity index (χ0n) is 5.60. The molecule has 2 heteroatoms. The fraction of sp³-hybridized carbons (Fsp3) is 0.714. The highest BCUT2D eigenvalue weighted by Gasteiger charge is 1.85. The van der Waals surface area contributed by atoms with Gasteiger partial charge in [-0.15, -0.1) is 0 Å². The summed E-state index contributed by atoms with van der Waals surface area (Å²) < 4.78 is 0. The van der Waals surface area contributed by atoms with E-state index in [1.807, 2.05) is 0 Å². The number of carbonyl (C=O) groups is 1. The maximum absolute atomic E-state index is 9.79. The number of hydrogen-bond donors (Lipinski definition) is 1. The van der Waals surface area contributed by atoms with Crippen LogP contribution in [0.3, 0.4) is 0 Å². The number of carbonyl (C=O) groups excluding carboxylic acids is 1. The summed E-state index contributed by atoms with van der Waals surface area (Å²) in [5.41, 5.74) is 0. The van der Waals surface area contributed by atoms with Gasteiger partial charge < -0.3 is 10.2 Å². The van der Waals surface area contributed by atoms with Crippen molar-refractivity contribution in [2.75, 3.05) is 0 Å². The fourth-order valence-electron chi connectivity index (χ4n) is 0.651. The van der Waals surface area contributed by atoms with Gasteiger partial charge in [0, 0.05) is 6.42 Å². The first-order valence-corrected chi connectivity index (χ1v) is 3.34. The minimum atomic E-state index is 0.679. The van der Waals surface area contributed by atoms with Gasteiger partial charge >= 0.3 is 0 Å². The van der Waals surface area contributed by atoms with Crippen LogP contribution < -0.4 is 0 Å². The van der Waals surface area contributed by atoms with E-state index in [1.165, 1.54) is 6.21 Å². The number of unbranched alkanes of at least 4 members (excludes halogenated alkanes) is 4. The van der Waals surface area contributed by atoms with Crippen LogP contribution in [0, 0.1) is 5.41 Å². The van der Waals surface area contributed by atoms with Crippen molar-refractivity contribution in [1.29, 1.82) is 5.41 Å². The van der Waals surface area contributed by atoms with E-state index in [1.54, 1.807) is 0 Å². The van der Waals surface area contributed by atoms with Crippen LogP contribution in [-0.4, -0.2) is 12.5 Å². The summed E-state index contributed by atoms with van der Waals surface area (Å²) >= 11 is 0. The summed E-state index contributed by atoms with van der Waals surface area (Å²) in [6.07, 6.45) is 7.02. The van der Waals surface area contributed by atoms with Crippen molar-refractivity contribution < 1.29 is 4.79 Å². The maximum Gasteiger partial charge on any atom is 0.119 e. The Labute approximate surface area is 55.8 Å². The fourth-order valence-corrected chi connectivity index (χ4v) is 0.651. The van der Waals surface area contributed by atoms with Crippen molar-refractivity contribution in [3.05, 3.63) is 0 Å². The highest BCUT2D eigenvalue weighted by molar-refractivity contribution is 5.52. The van der Waals surface area contributed by atoms with E-state index in [0.29, 0.717) is 6.42 Å². The molecule has 0 radical (unpaired) electrons. The molecular formula is C7H13NO. The van der Waals surface area contributed by atoms with Gasteiger partial charge in [0.05, 0.1) is 0 Å². The predicted octanol–water partition coefficient (Wildman–Crippen LogP) is 1.79. The monoisotopic (exact) mass is 127 g/mol. The van der Waals surface area contributed by atoms with Gasteiger partial charge in [-0.2, -0.15) is 0 Å². The van der Waals surface area contributed by atoms with Crippen LogP contribution in [0.25, 0.3) is 0 Å². The lowest BCUT2D eigenvalue weighted by Gasteiger charge is -1.90. The molecule has 0 rings (SSSR count). The zero-order chi connectivity index (χ0) is 6.95. The Balaban J connectivity index is 2.74. The lowest BCUT2D eigenvalue weighted by Crippen LogP contribution is -1.79. The van der Waals surface area contributed by atoms with Crippen molar-refractivity contribution in [2.45, 2.75) is 32.1 Å². The van der Waals surface area contributed by atoms with Crippen LogP contribution in [0.4, 0.5) is 0 Å². The lowest BCUT2D eigenvalue weighted by atomic mass is 10.2. The minimum Gasteiger partial charge on any atom is -0.313 e. The van der Waals surface area contributed by atoms with E-state index in [9.17, 15) is 4.79 Å². The number of rotatable bonds is 6. The SMILES string of the molecule is N=CCCCCCC=O. The maximum atomic E-state index is 9.79. The van der Waals surface area contributed by atoms with Gasteiger partial charge in [-0.1, -0.05) is 6.42 Å². The molecule has 0 aliphatic rings. The van der Waals surface area contributed by atoms with Crippen molar-refractivity contribution in [2.24, 2.45) is 0 Å². The molecule has 0 aromatic heterocycles. The summed E-state index contributed by atoms with van der Waals surface area (Å²) in [7, 11) is 0. The van der Waals surface area contributed by atoms with Gasteiger partial charge in [0.1, 0.15) is 6.29 Å². The largest absolute Gasteiger partial charge is 0.313 e. The quantitative estimate of drug-likeness (QED) is 0.330. The average Bonchev–Trinajstić information content (AvgIpc) is 1.89. The molecule has 52 valence electrons. The molecule has 1 N–H and O–H groups in total. The van der Waals surface area contributed by atoms with Gasteiger partial charge in [-0.05, 0) is 25.5 Å². The second-order valence-corrected chi connectivity index (χ2v) is 2.01. The first kappa shape index (κ1) is 8.34. The normalized spacial score (nSPS) is 8.89. The number of aldehydes is 1. The van der Waals surface area contributed by atoms with Crippen molar-refractivity contribution in [3.63, 3.8) is 0 Å². The molecule has 0 amide bonds. The predicted molar refractivity (Wildman–Crippen MR) is 37.9 cm³/mol. The molecule has 0 unspecified atom stereocenters. The van der Waals surface area contributed by atoms with Crippen LogP contribution in [-0.2, 0) is 4.79 Å². The molecular weight excluding hydrogens is 114 g/mol. The van der Waals surface area contributed by atoms with Crippen LogP contribution >= 0.6 is 0 Å². The first-order chi connectivity index (χ1) is 4.41. The third kappa shape index (κ3) is 7.34. The third-order valence-corrected chi connectivity index (χ3v) is 1.17. The average molecular weight is 127 g/mol. The van der Waals surface area contributed by atoms with E-state index in [-0.39, 0.29) is 0 Å². The summed E-state index contributed by atoms with van der Waals surface area (Å²) in [5, 5.41) is 6.69. The molecule has 0 atom stereocenters. The molecule has 0 aliphatic heterocycles. The van der Waals surface area contributed by atoms with Gasteiger partial charge in [-0.25, -0.2) is 0 Å². The second kappa shape index (κ2) is 7.34. The molecule has 0 bridgehead atoms. The lowest BCUT2D eigenvalue weighted by molar-refractivity contribution is -0.107. The Hall–Kier alpha value is -0.660. The molecule has 0 fully saturated rings. The van der Waals surface area contributed by atoms with E-state index < -0.39 is 0 Å². The van der Waals surface area contributed by atoms with Gasteiger partial charge in [0.2, 0.25) is 0 Å². The Morgan fingerprint density at radius 1 is 1.11 bits per heavy atom. The van der Waals surface area contributed by atoms with Crippen LogP contribution in [0.15, 0.2) is 0 Å². The van der Waals surface area contributed by atoms with E-state index in [4.69, 9.17) is 5.41 Å². The molecule has 0 aliphatic carbocycles. The van der Waals surface area contributed by atoms with Crippen molar-refractivity contribution >= 4 is 12.5 Å². The van der Waals surface area contributed by atoms with Crippen molar-refractivity contribution in [1.82, 2.24) is 0 Å². The smallest absolute Gasteiger partial charge is 0.119 e. The van der Waals surface area contributed by atoms with E-state index >= 15 is 0 Å². The van der Waals surface area contributed by atoms with Gasteiger partial charge in [0.15, 0.2) is 0 Å². The highest BCUT2D eigenvalue weighted by atomic mass is 16.1. The van der Waals surface area contributed by atoms with Crippen LogP contribution in [0.2, 0.25) is 0 Å². The topological polar surface area (TPSA) is 40.9 Å². The van der Waals surface area contributed by atoms with Gasteiger partial charge in [0.25, 0.3) is 0 Å². The Morgan fingerprint density at radius 2 is 1.78 bits per heavy atom. The Morgan fingerprint density at radius 3 is 2.33 bits per heavy atom. The molecule has 0 saturated heterocycles. The number of hydrogen-bond acceptors (Lipinski definition) is 2.